The highest BCUT2D eigenvalue weighted by Gasteiger charge is 2.27. The second-order valence-corrected chi connectivity index (χ2v) is 12.4. The Hall–Kier alpha value is -3.46. The summed E-state index contributed by atoms with van der Waals surface area (Å²) in [7, 11) is 0. The summed E-state index contributed by atoms with van der Waals surface area (Å²) in [6.07, 6.45) is 7.14. The molecule has 0 aliphatic heterocycles. The number of carbonyl (C=O) groups is 4. The maximum Gasteiger partial charge on any atom is 0.303 e. The number of amides is 2. The molecule has 226 valence electrons. The molecule has 2 amide bonds. The van der Waals surface area contributed by atoms with Gasteiger partial charge < -0.3 is 19.9 Å². The quantitative estimate of drug-likeness (QED) is 0.153. The summed E-state index contributed by atoms with van der Waals surface area (Å²) in [5, 5.41) is 13.7. The third kappa shape index (κ3) is 8.31. The van der Waals surface area contributed by atoms with Gasteiger partial charge in [0.2, 0.25) is 11.8 Å². The first-order valence-electron chi connectivity index (χ1n) is 15.2. The number of anilines is 1. The maximum absolute atomic E-state index is 13.5. The second kappa shape index (κ2) is 15.1. The van der Waals surface area contributed by atoms with Crippen LogP contribution in [0.1, 0.15) is 87.2 Å². The Balaban J connectivity index is 1.28. The number of rotatable bonds is 15. The summed E-state index contributed by atoms with van der Waals surface area (Å²) < 4.78 is 2.90. The molecule has 2 aromatic heterocycles. The minimum Gasteiger partial charge on any atom is -0.481 e. The average Bonchev–Trinajstić information content (AvgIpc) is 3.57. The number of fused-ring (bicyclic) bond motifs is 1. The van der Waals surface area contributed by atoms with Gasteiger partial charge in [-0.15, -0.1) is 11.3 Å². The van der Waals surface area contributed by atoms with Crippen molar-refractivity contribution < 1.29 is 24.3 Å². The zero-order chi connectivity index (χ0) is 30.1. The van der Waals surface area contributed by atoms with Crippen molar-refractivity contribution in [3.8, 4) is 0 Å². The zero-order valence-corrected chi connectivity index (χ0v) is 25.6. The van der Waals surface area contributed by atoms with Gasteiger partial charge in [0.1, 0.15) is 6.54 Å². The number of benzene rings is 1. The fraction of sp³-hybridized carbons (Fsp3) is 0.515. The van der Waals surface area contributed by atoms with Crippen LogP contribution in [0.4, 0.5) is 5.69 Å². The van der Waals surface area contributed by atoms with Crippen LogP contribution in [0.3, 0.4) is 0 Å². The first-order chi connectivity index (χ1) is 20.3. The Morgan fingerprint density at radius 3 is 2.52 bits per heavy atom. The van der Waals surface area contributed by atoms with Crippen LogP contribution >= 0.6 is 11.3 Å². The van der Waals surface area contributed by atoms with Crippen LogP contribution in [0.25, 0.3) is 10.2 Å². The number of aromatic nitrogens is 1. The molecule has 8 nitrogen and oxygen atoms in total. The predicted octanol–water partition coefficient (Wildman–Crippen LogP) is 6.59. The van der Waals surface area contributed by atoms with Gasteiger partial charge in [-0.3, -0.25) is 19.2 Å². The summed E-state index contributed by atoms with van der Waals surface area (Å²) in [6.45, 7) is 5.23. The first-order valence-corrected chi connectivity index (χ1v) is 16.1. The number of aliphatic carboxylic acids is 1. The van der Waals surface area contributed by atoms with E-state index in [0.29, 0.717) is 37.5 Å². The molecular weight excluding hydrogens is 550 g/mol. The molecule has 4 rings (SSSR count). The molecule has 1 aromatic carbocycles. The lowest BCUT2D eigenvalue weighted by molar-refractivity contribution is -0.137. The highest BCUT2D eigenvalue weighted by atomic mass is 32.1. The second-order valence-electron chi connectivity index (χ2n) is 11.4. The van der Waals surface area contributed by atoms with Crippen molar-refractivity contribution in [2.45, 2.75) is 84.6 Å². The van der Waals surface area contributed by atoms with Gasteiger partial charge in [0, 0.05) is 37.5 Å². The van der Waals surface area contributed by atoms with Gasteiger partial charge in [0.05, 0.1) is 15.9 Å². The van der Waals surface area contributed by atoms with Crippen molar-refractivity contribution in [2.24, 2.45) is 11.8 Å². The Bertz CT molecular complexity index is 1390. The molecule has 1 aliphatic carbocycles. The van der Waals surface area contributed by atoms with Gasteiger partial charge in [-0.1, -0.05) is 18.6 Å². The minimum atomic E-state index is -0.779. The van der Waals surface area contributed by atoms with E-state index in [4.69, 9.17) is 5.11 Å². The molecule has 0 spiro atoms. The fourth-order valence-electron chi connectivity index (χ4n) is 6.01. The summed E-state index contributed by atoms with van der Waals surface area (Å²) in [5.74, 6) is -0.237. The number of aryl methyl sites for hydroxylation is 1. The molecule has 0 radical (unpaired) electrons. The number of thiophene rings is 1. The van der Waals surface area contributed by atoms with Crippen molar-refractivity contribution in [3.63, 3.8) is 0 Å². The van der Waals surface area contributed by atoms with Crippen LogP contribution in [-0.2, 0) is 20.9 Å². The largest absolute Gasteiger partial charge is 0.481 e. The number of likely N-dealkylation sites (N-methyl/N-ethyl adjacent to an activating group) is 1. The lowest BCUT2D eigenvalue weighted by atomic mass is 9.79. The zero-order valence-electron chi connectivity index (χ0n) is 24.8. The molecule has 3 aromatic rings. The van der Waals surface area contributed by atoms with E-state index in [0.717, 1.165) is 66.4 Å². The minimum absolute atomic E-state index is 0.0147. The lowest BCUT2D eigenvalue weighted by Crippen LogP contribution is -2.34. The van der Waals surface area contributed by atoms with Gasteiger partial charge in [0.15, 0.2) is 5.78 Å². The van der Waals surface area contributed by atoms with E-state index in [9.17, 15) is 19.2 Å². The van der Waals surface area contributed by atoms with E-state index in [1.807, 2.05) is 60.2 Å². The number of hydrogen-bond acceptors (Lipinski definition) is 5. The molecule has 0 saturated heterocycles. The molecular formula is C33H43N3O5S. The SMILES string of the molecule is CCN(C(=O)Cn1c(C(=O)CCC2CCC(C(=O)NCCCCCC(=O)O)CC2)cc2sccc21)c1cccc(C)c1. The number of unbranched alkanes of at least 4 members (excludes halogenated alkanes) is 2. The highest BCUT2D eigenvalue weighted by Crippen LogP contribution is 2.33. The van der Waals surface area contributed by atoms with E-state index < -0.39 is 5.97 Å². The standard InChI is InChI=1S/C33H43N3O5S/c1-3-35(26-9-7-8-23(2)20-26)31(38)22-36-27-17-19-42-30(27)21-28(36)29(37)16-13-24-11-14-25(15-12-24)33(41)34-18-6-4-5-10-32(39)40/h7-9,17,19-21,24-25H,3-6,10-16,18,22H2,1-2H3,(H,34,41)(H,39,40). The van der Waals surface area contributed by atoms with Crippen molar-refractivity contribution in [1.29, 1.82) is 0 Å². The van der Waals surface area contributed by atoms with Crippen molar-refractivity contribution in [1.82, 2.24) is 9.88 Å². The number of Topliss-reactive ketones (excluding diaryl/α,β-unsaturated/α-hetero) is 1. The Kier molecular flexibility index (Phi) is 11.3. The van der Waals surface area contributed by atoms with Crippen molar-refractivity contribution >= 4 is 50.8 Å². The number of hydrogen-bond donors (Lipinski definition) is 2. The number of nitrogens with one attached hydrogen (secondary N) is 1. The summed E-state index contributed by atoms with van der Waals surface area (Å²) in [4.78, 5) is 51.9. The third-order valence-electron chi connectivity index (χ3n) is 8.40. The molecule has 0 unspecified atom stereocenters. The van der Waals surface area contributed by atoms with Crippen LogP contribution in [0.15, 0.2) is 41.8 Å². The molecule has 1 saturated carbocycles. The van der Waals surface area contributed by atoms with Gasteiger partial charge >= 0.3 is 5.97 Å². The number of carboxylic acids is 1. The monoisotopic (exact) mass is 593 g/mol. The number of carbonyl (C=O) groups excluding carboxylic acids is 3. The number of ketones is 1. The van der Waals surface area contributed by atoms with Crippen LogP contribution in [-0.4, -0.2) is 46.3 Å². The number of nitrogens with zero attached hydrogens (tertiary/aromatic N) is 2. The van der Waals surface area contributed by atoms with Crippen LogP contribution in [0, 0.1) is 18.8 Å². The normalized spacial score (nSPS) is 16.8. The number of carboxylic acid groups (broad SMARTS) is 1. The Labute approximate surface area is 252 Å². The molecule has 1 aliphatic rings. The maximum atomic E-state index is 13.5. The van der Waals surface area contributed by atoms with Gasteiger partial charge in [-0.25, -0.2) is 0 Å². The molecule has 42 heavy (non-hydrogen) atoms. The summed E-state index contributed by atoms with van der Waals surface area (Å²) in [5.41, 5.74) is 3.48. The van der Waals surface area contributed by atoms with E-state index >= 15 is 0 Å². The Morgan fingerprint density at radius 2 is 1.81 bits per heavy atom. The van der Waals surface area contributed by atoms with Crippen molar-refractivity contribution in [2.75, 3.05) is 18.0 Å². The molecule has 2 heterocycles. The smallest absolute Gasteiger partial charge is 0.303 e. The lowest BCUT2D eigenvalue weighted by Gasteiger charge is -2.27. The predicted molar refractivity (Wildman–Crippen MR) is 167 cm³/mol. The third-order valence-corrected chi connectivity index (χ3v) is 9.25. The fourth-order valence-corrected chi connectivity index (χ4v) is 6.83. The van der Waals surface area contributed by atoms with E-state index in [2.05, 4.69) is 5.32 Å². The molecule has 1 fully saturated rings. The molecule has 0 atom stereocenters. The molecule has 9 heteroatoms. The van der Waals surface area contributed by atoms with Crippen LogP contribution < -0.4 is 10.2 Å². The van der Waals surface area contributed by atoms with Crippen molar-refractivity contribution in [3.05, 3.63) is 53.0 Å². The first kappa shape index (κ1) is 31.5. The van der Waals surface area contributed by atoms with Gasteiger partial charge in [-0.2, -0.15) is 0 Å². The highest BCUT2D eigenvalue weighted by molar-refractivity contribution is 7.17. The molecule has 0 bridgehead atoms. The van der Waals surface area contributed by atoms with Crippen LogP contribution in [0.2, 0.25) is 0 Å². The van der Waals surface area contributed by atoms with Crippen LogP contribution in [0.5, 0.6) is 0 Å². The molecule has 2 N–H and O–H groups in total. The topological polar surface area (TPSA) is 109 Å². The van der Waals surface area contributed by atoms with E-state index in [-0.39, 0.29) is 36.5 Å². The Morgan fingerprint density at radius 1 is 1.02 bits per heavy atom. The van der Waals surface area contributed by atoms with Gasteiger partial charge in [0.25, 0.3) is 0 Å². The average molecular weight is 594 g/mol. The van der Waals surface area contributed by atoms with Gasteiger partial charge in [-0.05, 0) is 99.9 Å². The van der Waals surface area contributed by atoms with E-state index in [1.165, 1.54) is 0 Å². The van der Waals surface area contributed by atoms with E-state index in [1.54, 1.807) is 16.2 Å². The summed E-state index contributed by atoms with van der Waals surface area (Å²) >= 11 is 1.58. The summed E-state index contributed by atoms with van der Waals surface area (Å²) in [6, 6.07) is 11.8.